The molecule has 0 aliphatic carbocycles. The highest BCUT2D eigenvalue weighted by Gasteiger charge is 2.31. The van der Waals surface area contributed by atoms with Gasteiger partial charge in [0.1, 0.15) is 0 Å². The zero-order valence-electron chi connectivity index (χ0n) is 11.5. The predicted molar refractivity (Wildman–Crippen MR) is 72.9 cm³/mol. The molecule has 0 aliphatic rings. The van der Waals surface area contributed by atoms with Gasteiger partial charge in [-0.25, -0.2) is 0 Å². The van der Waals surface area contributed by atoms with Gasteiger partial charge in [0, 0.05) is 24.1 Å². The van der Waals surface area contributed by atoms with Crippen LogP contribution in [0, 0.1) is 13.8 Å². The number of nitrogen functional groups attached to an aromatic ring is 1. The summed E-state index contributed by atoms with van der Waals surface area (Å²) >= 11 is 0. The molecule has 112 valence electrons. The Balaban J connectivity index is 2.45. The zero-order chi connectivity index (χ0) is 15.8. The largest absolute Gasteiger partial charge is 0.417 e. The van der Waals surface area contributed by atoms with E-state index in [1.54, 1.807) is 13.8 Å². The molecule has 0 radical (unpaired) electrons. The van der Waals surface area contributed by atoms with Crippen LogP contribution in [-0.2, 0) is 12.7 Å². The minimum Gasteiger partial charge on any atom is -0.398 e. The van der Waals surface area contributed by atoms with Crippen LogP contribution in [-0.4, -0.2) is 9.55 Å². The lowest BCUT2D eigenvalue weighted by molar-refractivity contribution is -0.138. The van der Waals surface area contributed by atoms with E-state index >= 15 is 0 Å². The van der Waals surface area contributed by atoms with E-state index in [-0.39, 0.29) is 6.54 Å². The lowest BCUT2D eigenvalue weighted by Crippen LogP contribution is -2.23. The first kappa shape index (κ1) is 15.1. The lowest BCUT2D eigenvalue weighted by Gasteiger charge is -2.13. The van der Waals surface area contributed by atoms with Crippen LogP contribution in [0.4, 0.5) is 18.9 Å². The molecule has 7 heteroatoms. The standard InChI is InChI=1S/C14H14F3N3O/c1-8-5-19-11(9(2)13(8)18)7-20-6-10(14(15,16)17)3-4-12(20)21/h3-6H,7H2,1-2H3,(H2,18,19). The molecular weight excluding hydrogens is 283 g/mol. The van der Waals surface area contributed by atoms with Crippen LogP contribution >= 0.6 is 0 Å². The number of hydrogen-bond acceptors (Lipinski definition) is 3. The van der Waals surface area contributed by atoms with Crippen molar-refractivity contribution in [2.75, 3.05) is 5.73 Å². The topological polar surface area (TPSA) is 60.9 Å². The number of aryl methyl sites for hydroxylation is 1. The number of halogens is 3. The molecular formula is C14H14F3N3O. The van der Waals surface area contributed by atoms with Crippen molar-refractivity contribution in [2.45, 2.75) is 26.6 Å². The Morgan fingerprint density at radius 2 is 1.95 bits per heavy atom. The minimum atomic E-state index is -4.50. The first-order valence-electron chi connectivity index (χ1n) is 6.18. The van der Waals surface area contributed by atoms with Crippen LogP contribution in [0.3, 0.4) is 0 Å². The van der Waals surface area contributed by atoms with Crippen LogP contribution in [0.15, 0.2) is 29.3 Å². The van der Waals surface area contributed by atoms with E-state index in [0.717, 1.165) is 28.5 Å². The average molecular weight is 297 g/mol. The maximum atomic E-state index is 12.7. The fourth-order valence-electron chi connectivity index (χ4n) is 1.94. The SMILES string of the molecule is Cc1cnc(Cn2cc(C(F)(F)F)ccc2=O)c(C)c1N. The molecule has 4 nitrogen and oxygen atoms in total. The van der Waals surface area contributed by atoms with Gasteiger partial charge in [-0.1, -0.05) is 0 Å². The molecule has 0 saturated heterocycles. The van der Waals surface area contributed by atoms with Crippen LogP contribution in [0.5, 0.6) is 0 Å². The Labute approximate surface area is 119 Å². The Morgan fingerprint density at radius 3 is 2.57 bits per heavy atom. The van der Waals surface area contributed by atoms with Gasteiger partial charge in [0.2, 0.25) is 0 Å². The van der Waals surface area contributed by atoms with E-state index in [2.05, 4.69) is 4.98 Å². The van der Waals surface area contributed by atoms with Gasteiger partial charge in [-0.2, -0.15) is 13.2 Å². The number of aromatic nitrogens is 2. The molecule has 2 rings (SSSR count). The highest BCUT2D eigenvalue weighted by Crippen LogP contribution is 2.28. The molecule has 0 spiro atoms. The quantitative estimate of drug-likeness (QED) is 0.926. The van der Waals surface area contributed by atoms with Crippen LogP contribution in [0.2, 0.25) is 0 Å². The summed E-state index contributed by atoms with van der Waals surface area (Å²) in [5.74, 6) is 0. The zero-order valence-corrected chi connectivity index (χ0v) is 11.5. The van der Waals surface area contributed by atoms with Crippen molar-refractivity contribution in [1.29, 1.82) is 0 Å². The smallest absolute Gasteiger partial charge is 0.398 e. The molecule has 2 N–H and O–H groups in total. The third-order valence-electron chi connectivity index (χ3n) is 3.31. The van der Waals surface area contributed by atoms with Gasteiger partial charge in [0.05, 0.1) is 17.8 Å². The highest BCUT2D eigenvalue weighted by atomic mass is 19.4. The fourth-order valence-corrected chi connectivity index (χ4v) is 1.94. The van der Waals surface area contributed by atoms with E-state index in [1.165, 1.54) is 6.20 Å². The van der Waals surface area contributed by atoms with Gasteiger partial charge < -0.3 is 10.3 Å². The maximum Gasteiger partial charge on any atom is 0.417 e. The number of alkyl halides is 3. The normalized spacial score (nSPS) is 11.7. The van der Waals surface area contributed by atoms with Crippen molar-refractivity contribution < 1.29 is 13.2 Å². The molecule has 0 atom stereocenters. The molecule has 2 aromatic heterocycles. The Bertz CT molecular complexity index is 735. The van der Waals surface area contributed by atoms with Crippen molar-refractivity contribution >= 4 is 5.69 Å². The molecule has 2 aromatic rings. The number of nitrogens with two attached hydrogens (primary N) is 1. The van der Waals surface area contributed by atoms with E-state index in [1.807, 2.05) is 0 Å². The fraction of sp³-hybridized carbons (Fsp3) is 0.286. The Kier molecular flexibility index (Phi) is 3.76. The summed E-state index contributed by atoms with van der Waals surface area (Å²) in [4.78, 5) is 15.8. The Hall–Kier alpha value is -2.31. The molecule has 0 amide bonds. The van der Waals surface area contributed by atoms with Gasteiger partial charge in [0.15, 0.2) is 0 Å². The second kappa shape index (κ2) is 5.23. The van der Waals surface area contributed by atoms with Crippen molar-refractivity contribution in [3.8, 4) is 0 Å². The van der Waals surface area contributed by atoms with Gasteiger partial charge in [-0.15, -0.1) is 0 Å². The first-order valence-corrected chi connectivity index (χ1v) is 6.18. The Morgan fingerprint density at radius 1 is 1.29 bits per heavy atom. The van der Waals surface area contributed by atoms with E-state index in [9.17, 15) is 18.0 Å². The lowest BCUT2D eigenvalue weighted by atomic mass is 10.1. The van der Waals surface area contributed by atoms with Crippen LogP contribution in [0.25, 0.3) is 0 Å². The molecule has 21 heavy (non-hydrogen) atoms. The molecule has 0 aromatic carbocycles. The highest BCUT2D eigenvalue weighted by molar-refractivity contribution is 5.53. The maximum absolute atomic E-state index is 12.7. The second-order valence-electron chi connectivity index (χ2n) is 4.81. The predicted octanol–water partition coefficient (Wildman–Crippen LogP) is 2.51. The first-order chi connectivity index (χ1) is 9.70. The molecule has 0 saturated carbocycles. The number of nitrogens with zero attached hydrogens (tertiary/aromatic N) is 2. The molecule has 0 unspecified atom stereocenters. The molecule has 0 aliphatic heterocycles. The van der Waals surface area contributed by atoms with E-state index in [4.69, 9.17) is 5.73 Å². The summed E-state index contributed by atoms with van der Waals surface area (Å²) in [5.41, 5.74) is 6.92. The third-order valence-corrected chi connectivity index (χ3v) is 3.31. The number of hydrogen-bond donors (Lipinski definition) is 1. The summed E-state index contributed by atoms with van der Waals surface area (Å²) < 4.78 is 39.0. The van der Waals surface area contributed by atoms with Crippen molar-refractivity contribution in [3.63, 3.8) is 0 Å². The monoisotopic (exact) mass is 297 g/mol. The van der Waals surface area contributed by atoms with Gasteiger partial charge in [0.25, 0.3) is 5.56 Å². The molecule has 2 heterocycles. The van der Waals surface area contributed by atoms with Gasteiger partial charge in [-0.3, -0.25) is 9.78 Å². The van der Waals surface area contributed by atoms with Crippen molar-refractivity contribution in [1.82, 2.24) is 9.55 Å². The van der Waals surface area contributed by atoms with Crippen LogP contribution in [0.1, 0.15) is 22.4 Å². The number of pyridine rings is 2. The number of rotatable bonds is 2. The van der Waals surface area contributed by atoms with Crippen molar-refractivity contribution in [3.05, 3.63) is 57.3 Å². The third kappa shape index (κ3) is 3.07. The number of anilines is 1. The minimum absolute atomic E-state index is 0.0565. The summed E-state index contributed by atoms with van der Waals surface area (Å²) in [6.45, 7) is 3.46. The summed E-state index contributed by atoms with van der Waals surface area (Å²) in [7, 11) is 0. The molecule has 0 bridgehead atoms. The second-order valence-corrected chi connectivity index (χ2v) is 4.81. The van der Waals surface area contributed by atoms with E-state index in [0.29, 0.717) is 16.9 Å². The van der Waals surface area contributed by atoms with Gasteiger partial charge in [-0.05, 0) is 31.0 Å². The summed E-state index contributed by atoms with van der Waals surface area (Å²) in [5, 5.41) is 0. The van der Waals surface area contributed by atoms with Crippen molar-refractivity contribution in [2.24, 2.45) is 0 Å². The average Bonchev–Trinajstić information content (AvgIpc) is 2.40. The summed E-state index contributed by atoms with van der Waals surface area (Å²) in [6.07, 6.45) is -2.17. The molecule has 0 fully saturated rings. The van der Waals surface area contributed by atoms with E-state index < -0.39 is 17.3 Å². The van der Waals surface area contributed by atoms with Crippen LogP contribution < -0.4 is 11.3 Å². The summed E-state index contributed by atoms with van der Waals surface area (Å²) in [6, 6.07) is 1.67. The van der Waals surface area contributed by atoms with Gasteiger partial charge >= 0.3 is 6.18 Å².